The lowest BCUT2D eigenvalue weighted by Gasteiger charge is -2.23. The van der Waals surface area contributed by atoms with Crippen molar-refractivity contribution in [3.8, 4) is 11.1 Å². The summed E-state index contributed by atoms with van der Waals surface area (Å²) in [5.41, 5.74) is 7.46. The number of hydrogen-bond acceptors (Lipinski definition) is 4. The number of carbonyl (C=O) groups is 3. The van der Waals surface area contributed by atoms with Gasteiger partial charge in [0, 0.05) is 42.9 Å². The molecule has 2 N–H and O–H groups in total. The molecule has 2 aromatic heterocycles. The molecule has 8 heteroatoms. The average molecular weight is 570 g/mol. The molecule has 0 saturated carbocycles. The summed E-state index contributed by atoms with van der Waals surface area (Å²) in [5.74, 6) is -0.368. The molecule has 3 amide bonds. The molecule has 5 aromatic rings. The van der Waals surface area contributed by atoms with Crippen molar-refractivity contribution >= 4 is 23.4 Å². The Morgan fingerprint density at radius 2 is 1.63 bits per heavy atom. The highest BCUT2D eigenvalue weighted by Gasteiger charge is 2.27. The number of fused-ring (bicyclic) bond motifs is 2. The quantitative estimate of drug-likeness (QED) is 0.289. The number of aromatic nitrogens is 2. The standard InChI is InChI=1S/C35H31N5O3/c1-36-33(41)19-27-8-2-4-10-30(27)25-12-14-26(15-13-25)35(43)40-23-29-16-17-32(34(42)38-21-24-7-6-18-37-20-24)39(29)22-28-9-3-5-11-31(28)40/h2-18,20H,19,21-23H2,1H3,(H,36,41)(H,38,42). The summed E-state index contributed by atoms with van der Waals surface area (Å²) in [4.78, 5) is 45.1. The maximum atomic E-state index is 14.0. The van der Waals surface area contributed by atoms with Gasteiger partial charge in [0.25, 0.3) is 11.8 Å². The minimum Gasteiger partial charge on any atom is -0.359 e. The Hall–Kier alpha value is -5.50. The van der Waals surface area contributed by atoms with E-state index in [1.807, 2.05) is 102 Å². The van der Waals surface area contributed by atoms with E-state index in [1.54, 1.807) is 24.3 Å². The van der Waals surface area contributed by atoms with E-state index in [2.05, 4.69) is 15.6 Å². The first-order valence-electron chi connectivity index (χ1n) is 14.2. The summed E-state index contributed by atoms with van der Waals surface area (Å²) in [6.45, 7) is 1.17. The number of carbonyl (C=O) groups excluding carboxylic acids is 3. The lowest BCUT2D eigenvalue weighted by atomic mass is 9.96. The van der Waals surface area contributed by atoms with Crippen LogP contribution in [-0.2, 0) is 30.8 Å². The van der Waals surface area contributed by atoms with Crippen LogP contribution in [0.3, 0.4) is 0 Å². The smallest absolute Gasteiger partial charge is 0.268 e. The highest BCUT2D eigenvalue weighted by molar-refractivity contribution is 6.07. The van der Waals surface area contributed by atoms with Crippen LogP contribution in [0.1, 0.15) is 43.2 Å². The van der Waals surface area contributed by atoms with E-state index in [-0.39, 0.29) is 24.1 Å². The Morgan fingerprint density at radius 3 is 2.42 bits per heavy atom. The lowest BCUT2D eigenvalue weighted by molar-refractivity contribution is -0.119. The third kappa shape index (κ3) is 5.81. The summed E-state index contributed by atoms with van der Waals surface area (Å²) in [6, 6.07) is 30.6. The van der Waals surface area contributed by atoms with Gasteiger partial charge in [-0.25, -0.2) is 0 Å². The summed E-state index contributed by atoms with van der Waals surface area (Å²) < 4.78 is 1.98. The van der Waals surface area contributed by atoms with Crippen molar-refractivity contribution in [1.82, 2.24) is 20.2 Å². The summed E-state index contributed by atoms with van der Waals surface area (Å²) in [6.07, 6.45) is 3.71. The van der Waals surface area contributed by atoms with Gasteiger partial charge < -0.3 is 20.1 Å². The van der Waals surface area contributed by atoms with Crippen LogP contribution in [0.25, 0.3) is 11.1 Å². The fourth-order valence-corrected chi connectivity index (χ4v) is 5.48. The predicted octanol–water partition coefficient (Wildman–Crippen LogP) is 4.98. The maximum Gasteiger partial charge on any atom is 0.268 e. The van der Waals surface area contributed by atoms with Gasteiger partial charge in [0.15, 0.2) is 0 Å². The number of pyridine rings is 1. The minimum absolute atomic E-state index is 0.0574. The van der Waals surface area contributed by atoms with Crippen LogP contribution in [0, 0.1) is 0 Å². The molecule has 1 aliphatic rings. The van der Waals surface area contributed by atoms with Crippen molar-refractivity contribution in [2.45, 2.75) is 26.1 Å². The largest absolute Gasteiger partial charge is 0.359 e. The molecule has 3 heterocycles. The first-order valence-corrected chi connectivity index (χ1v) is 14.2. The molecule has 0 radical (unpaired) electrons. The number of para-hydroxylation sites is 1. The molecule has 0 atom stereocenters. The van der Waals surface area contributed by atoms with Gasteiger partial charge in [0.1, 0.15) is 5.69 Å². The molecule has 0 bridgehead atoms. The van der Waals surface area contributed by atoms with E-state index in [0.717, 1.165) is 39.2 Å². The number of nitrogens with zero attached hydrogens (tertiary/aromatic N) is 3. The van der Waals surface area contributed by atoms with Crippen LogP contribution in [0.2, 0.25) is 0 Å². The van der Waals surface area contributed by atoms with Crippen molar-refractivity contribution in [3.05, 3.63) is 143 Å². The number of anilines is 1. The number of benzene rings is 3. The van der Waals surface area contributed by atoms with Gasteiger partial charge in [-0.3, -0.25) is 19.4 Å². The summed E-state index contributed by atoms with van der Waals surface area (Å²) >= 11 is 0. The van der Waals surface area contributed by atoms with E-state index in [9.17, 15) is 14.4 Å². The monoisotopic (exact) mass is 569 g/mol. The zero-order chi connectivity index (χ0) is 29.8. The van der Waals surface area contributed by atoms with Crippen LogP contribution in [0.4, 0.5) is 5.69 Å². The zero-order valence-corrected chi connectivity index (χ0v) is 23.8. The third-order valence-electron chi connectivity index (χ3n) is 7.75. The van der Waals surface area contributed by atoms with Gasteiger partial charge in [-0.15, -0.1) is 0 Å². The molecular weight excluding hydrogens is 538 g/mol. The molecule has 0 fully saturated rings. The molecule has 0 aliphatic carbocycles. The van der Waals surface area contributed by atoms with Crippen molar-refractivity contribution in [3.63, 3.8) is 0 Å². The molecule has 214 valence electrons. The molecule has 0 unspecified atom stereocenters. The lowest BCUT2D eigenvalue weighted by Crippen LogP contribution is -2.30. The molecule has 3 aromatic carbocycles. The number of amides is 3. The third-order valence-corrected chi connectivity index (χ3v) is 7.75. The molecular formula is C35H31N5O3. The van der Waals surface area contributed by atoms with Gasteiger partial charge in [-0.05, 0) is 64.2 Å². The van der Waals surface area contributed by atoms with Crippen LogP contribution < -0.4 is 15.5 Å². The van der Waals surface area contributed by atoms with Crippen LogP contribution in [-0.4, -0.2) is 34.3 Å². The van der Waals surface area contributed by atoms with Gasteiger partial charge in [-0.2, -0.15) is 0 Å². The molecule has 0 saturated heterocycles. The highest BCUT2D eigenvalue weighted by atomic mass is 16.2. The molecule has 1 aliphatic heterocycles. The normalized spacial score (nSPS) is 12.1. The fourth-order valence-electron chi connectivity index (χ4n) is 5.48. The van der Waals surface area contributed by atoms with Crippen molar-refractivity contribution < 1.29 is 14.4 Å². The second kappa shape index (κ2) is 12.2. The molecule has 0 spiro atoms. The zero-order valence-electron chi connectivity index (χ0n) is 23.8. The first-order chi connectivity index (χ1) is 21.0. The second-order valence-corrected chi connectivity index (χ2v) is 10.4. The second-order valence-electron chi connectivity index (χ2n) is 10.4. The number of nitrogens with one attached hydrogen (secondary N) is 2. The van der Waals surface area contributed by atoms with Crippen molar-refractivity contribution in [1.29, 1.82) is 0 Å². The Balaban J connectivity index is 1.26. The number of likely N-dealkylation sites (N-methyl/N-ethyl adjacent to an activating group) is 1. The fraction of sp³-hybridized carbons (Fsp3) is 0.143. The van der Waals surface area contributed by atoms with Crippen LogP contribution >= 0.6 is 0 Å². The first kappa shape index (κ1) is 27.7. The number of hydrogen-bond donors (Lipinski definition) is 2. The number of rotatable bonds is 7. The van der Waals surface area contributed by atoms with Crippen molar-refractivity contribution in [2.75, 3.05) is 11.9 Å². The maximum absolute atomic E-state index is 14.0. The SMILES string of the molecule is CNC(=O)Cc1ccccc1-c1ccc(C(=O)N2Cc3ccc(C(=O)NCc4cccnc4)n3Cc3ccccc32)cc1. The summed E-state index contributed by atoms with van der Waals surface area (Å²) in [5, 5.41) is 5.67. The molecule has 8 nitrogen and oxygen atoms in total. The minimum atomic E-state index is -0.181. The van der Waals surface area contributed by atoms with Gasteiger partial charge in [0.05, 0.1) is 19.5 Å². The van der Waals surface area contributed by atoms with Crippen LogP contribution in [0.15, 0.2) is 109 Å². The van der Waals surface area contributed by atoms with E-state index in [1.165, 1.54) is 0 Å². The van der Waals surface area contributed by atoms with Crippen LogP contribution in [0.5, 0.6) is 0 Å². The van der Waals surface area contributed by atoms with Gasteiger partial charge >= 0.3 is 0 Å². The van der Waals surface area contributed by atoms with Gasteiger partial charge in [0.2, 0.25) is 5.91 Å². The Labute approximate surface area is 250 Å². The van der Waals surface area contributed by atoms with Gasteiger partial charge in [-0.1, -0.05) is 60.7 Å². The van der Waals surface area contributed by atoms with Crippen molar-refractivity contribution in [2.24, 2.45) is 0 Å². The predicted molar refractivity (Wildman–Crippen MR) is 166 cm³/mol. The molecule has 43 heavy (non-hydrogen) atoms. The summed E-state index contributed by atoms with van der Waals surface area (Å²) in [7, 11) is 1.63. The topological polar surface area (TPSA) is 96.3 Å². The average Bonchev–Trinajstić information content (AvgIpc) is 3.37. The van der Waals surface area contributed by atoms with E-state index >= 15 is 0 Å². The Kier molecular flexibility index (Phi) is 7.82. The Bertz CT molecular complexity index is 1790. The highest BCUT2D eigenvalue weighted by Crippen LogP contribution is 2.31. The molecule has 6 rings (SSSR count). The van der Waals surface area contributed by atoms with E-state index in [4.69, 9.17) is 0 Å². The van der Waals surface area contributed by atoms with E-state index < -0.39 is 0 Å². The Morgan fingerprint density at radius 1 is 0.837 bits per heavy atom. The van der Waals surface area contributed by atoms with E-state index in [0.29, 0.717) is 30.9 Å².